The molecular weight excluding hydrogens is 242 g/mol. The van der Waals surface area contributed by atoms with E-state index in [1.807, 2.05) is 6.92 Å². The van der Waals surface area contributed by atoms with E-state index in [0.717, 1.165) is 19.6 Å². The topological polar surface area (TPSA) is 55.8 Å². The molecule has 1 heterocycles. The smallest absolute Gasteiger partial charge is 0.317 e. The van der Waals surface area contributed by atoms with E-state index in [9.17, 15) is 4.79 Å². The molecule has 1 aliphatic heterocycles. The number of aliphatic hydroxyl groups is 1. The average molecular weight is 271 g/mol. The van der Waals surface area contributed by atoms with Gasteiger partial charge in [0.1, 0.15) is 0 Å². The average Bonchev–Trinajstić information content (AvgIpc) is 2.44. The van der Waals surface area contributed by atoms with Crippen LogP contribution in [0.5, 0.6) is 0 Å². The fourth-order valence-electron chi connectivity index (χ4n) is 2.41. The maximum Gasteiger partial charge on any atom is 0.317 e. The molecule has 1 fully saturated rings. The number of rotatable bonds is 6. The predicted octanol–water partition coefficient (Wildman–Crippen LogP) is 1.13. The third kappa shape index (κ3) is 5.37. The highest BCUT2D eigenvalue weighted by Gasteiger charge is 2.20. The number of piperidine rings is 1. The van der Waals surface area contributed by atoms with E-state index in [2.05, 4.69) is 17.1 Å². The maximum atomic E-state index is 11.8. The van der Waals surface area contributed by atoms with Gasteiger partial charge in [-0.05, 0) is 51.7 Å². The second-order valence-corrected chi connectivity index (χ2v) is 5.61. The number of urea groups is 1. The molecule has 1 saturated heterocycles. The van der Waals surface area contributed by atoms with Gasteiger partial charge in [-0.25, -0.2) is 4.79 Å². The van der Waals surface area contributed by atoms with Gasteiger partial charge in [-0.3, -0.25) is 0 Å². The van der Waals surface area contributed by atoms with E-state index in [-0.39, 0.29) is 18.7 Å². The van der Waals surface area contributed by atoms with Crippen LogP contribution in [0.25, 0.3) is 0 Å². The molecule has 1 aliphatic rings. The third-order valence-corrected chi connectivity index (χ3v) is 4.03. The van der Waals surface area contributed by atoms with Crippen molar-refractivity contribution in [2.24, 2.45) is 5.92 Å². The lowest BCUT2D eigenvalue weighted by Gasteiger charge is -2.32. The number of likely N-dealkylation sites (tertiary alicyclic amines) is 1. The molecule has 19 heavy (non-hydrogen) atoms. The van der Waals surface area contributed by atoms with Crippen LogP contribution in [0.1, 0.15) is 33.1 Å². The number of carbonyl (C=O) groups excluding carboxylic acids is 1. The molecule has 0 radical (unpaired) electrons. The molecule has 0 bridgehead atoms. The molecule has 2 amide bonds. The first kappa shape index (κ1) is 16.2. The van der Waals surface area contributed by atoms with E-state index in [1.54, 1.807) is 11.9 Å². The van der Waals surface area contributed by atoms with Crippen LogP contribution < -0.4 is 5.32 Å². The molecule has 0 aliphatic carbocycles. The van der Waals surface area contributed by atoms with Gasteiger partial charge in [0, 0.05) is 13.6 Å². The Morgan fingerprint density at radius 2 is 2.11 bits per heavy atom. The number of hydrogen-bond acceptors (Lipinski definition) is 3. The lowest BCUT2D eigenvalue weighted by molar-refractivity contribution is 0.151. The third-order valence-electron chi connectivity index (χ3n) is 4.03. The Balaban J connectivity index is 2.21. The Morgan fingerprint density at radius 1 is 1.47 bits per heavy atom. The summed E-state index contributed by atoms with van der Waals surface area (Å²) in [6.07, 6.45) is 3.55. The van der Waals surface area contributed by atoms with Crippen LogP contribution in [0.3, 0.4) is 0 Å². The van der Waals surface area contributed by atoms with Crippen LogP contribution in [0, 0.1) is 5.92 Å². The highest BCUT2D eigenvalue weighted by molar-refractivity contribution is 5.74. The minimum Gasteiger partial charge on any atom is -0.394 e. The van der Waals surface area contributed by atoms with Gasteiger partial charge in [0.05, 0.1) is 12.6 Å². The molecule has 112 valence electrons. The molecule has 5 heteroatoms. The molecule has 0 aromatic carbocycles. The first-order valence-electron chi connectivity index (χ1n) is 7.42. The number of carbonyl (C=O) groups is 1. The van der Waals surface area contributed by atoms with Gasteiger partial charge >= 0.3 is 6.03 Å². The summed E-state index contributed by atoms with van der Waals surface area (Å²) in [5, 5.41) is 12.0. The van der Waals surface area contributed by atoms with Gasteiger partial charge in [-0.15, -0.1) is 0 Å². The number of hydrogen-bond donors (Lipinski definition) is 2. The summed E-state index contributed by atoms with van der Waals surface area (Å²) >= 11 is 0. The van der Waals surface area contributed by atoms with Crippen molar-refractivity contribution in [3.05, 3.63) is 0 Å². The largest absolute Gasteiger partial charge is 0.394 e. The van der Waals surface area contributed by atoms with Crippen molar-refractivity contribution in [2.75, 3.05) is 39.8 Å². The molecule has 1 rings (SSSR count). The van der Waals surface area contributed by atoms with Crippen LogP contribution in [0.4, 0.5) is 4.79 Å². The van der Waals surface area contributed by atoms with E-state index in [0.29, 0.717) is 5.92 Å². The van der Waals surface area contributed by atoms with E-state index in [1.165, 1.54) is 25.8 Å². The first-order chi connectivity index (χ1) is 9.08. The lowest BCUT2D eigenvalue weighted by atomic mass is 9.97. The molecule has 5 nitrogen and oxygen atoms in total. The SMILES string of the molecule is CCCN1CCC(CNC(=O)N(C)C(C)CO)CC1. The number of likely N-dealkylation sites (N-methyl/N-ethyl adjacent to an activating group) is 1. The van der Waals surface area contributed by atoms with Crippen molar-refractivity contribution in [3.8, 4) is 0 Å². The number of aliphatic hydroxyl groups excluding tert-OH is 1. The Labute approximate surface area is 117 Å². The molecule has 1 unspecified atom stereocenters. The summed E-state index contributed by atoms with van der Waals surface area (Å²) in [6.45, 7) is 8.29. The quantitative estimate of drug-likeness (QED) is 0.761. The fraction of sp³-hybridized carbons (Fsp3) is 0.929. The van der Waals surface area contributed by atoms with Crippen molar-refractivity contribution in [1.29, 1.82) is 0 Å². The number of nitrogens with one attached hydrogen (secondary N) is 1. The summed E-state index contributed by atoms with van der Waals surface area (Å²) in [6, 6.07) is -0.219. The summed E-state index contributed by atoms with van der Waals surface area (Å²) < 4.78 is 0. The Kier molecular flexibility index (Phi) is 7.16. The summed E-state index contributed by atoms with van der Waals surface area (Å²) in [7, 11) is 1.72. The van der Waals surface area contributed by atoms with Crippen molar-refractivity contribution < 1.29 is 9.90 Å². The van der Waals surface area contributed by atoms with E-state index < -0.39 is 0 Å². The Morgan fingerprint density at radius 3 is 2.63 bits per heavy atom. The predicted molar refractivity (Wildman–Crippen MR) is 77.2 cm³/mol. The van der Waals surface area contributed by atoms with Crippen molar-refractivity contribution >= 4 is 6.03 Å². The minimum atomic E-state index is -0.133. The van der Waals surface area contributed by atoms with Crippen LogP contribution in [0.2, 0.25) is 0 Å². The maximum absolute atomic E-state index is 11.8. The number of amides is 2. The zero-order valence-electron chi connectivity index (χ0n) is 12.6. The van der Waals surface area contributed by atoms with Crippen molar-refractivity contribution in [1.82, 2.24) is 15.1 Å². The Hall–Kier alpha value is -0.810. The van der Waals surface area contributed by atoms with Gasteiger partial charge in [-0.1, -0.05) is 6.92 Å². The molecule has 0 spiro atoms. The summed E-state index contributed by atoms with van der Waals surface area (Å²) in [5.41, 5.74) is 0. The molecule has 1 atom stereocenters. The standard InChI is InChI=1S/C14H29N3O2/c1-4-7-17-8-5-13(6-9-17)10-15-14(19)16(3)12(2)11-18/h12-13,18H,4-11H2,1-3H3,(H,15,19). The second-order valence-electron chi connectivity index (χ2n) is 5.61. The Bertz CT molecular complexity index is 265. The highest BCUT2D eigenvalue weighted by atomic mass is 16.3. The van der Waals surface area contributed by atoms with Crippen molar-refractivity contribution in [3.63, 3.8) is 0 Å². The van der Waals surface area contributed by atoms with Crippen LogP contribution in [-0.2, 0) is 0 Å². The van der Waals surface area contributed by atoms with Gasteiger partial charge in [-0.2, -0.15) is 0 Å². The van der Waals surface area contributed by atoms with E-state index in [4.69, 9.17) is 5.11 Å². The molecule has 2 N–H and O–H groups in total. The lowest BCUT2D eigenvalue weighted by Crippen LogP contribution is -2.46. The fourth-order valence-corrected chi connectivity index (χ4v) is 2.41. The van der Waals surface area contributed by atoms with Gasteiger partial charge < -0.3 is 20.2 Å². The monoisotopic (exact) mass is 271 g/mol. The van der Waals surface area contributed by atoms with Gasteiger partial charge in [0.2, 0.25) is 0 Å². The summed E-state index contributed by atoms with van der Waals surface area (Å²) in [4.78, 5) is 15.9. The zero-order chi connectivity index (χ0) is 14.3. The van der Waals surface area contributed by atoms with Gasteiger partial charge in [0.25, 0.3) is 0 Å². The first-order valence-corrected chi connectivity index (χ1v) is 7.42. The van der Waals surface area contributed by atoms with Crippen LogP contribution in [0.15, 0.2) is 0 Å². The second kappa shape index (κ2) is 8.38. The summed E-state index contributed by atoms with van der Waals surface area (Å²) in [5.74, 6) is 0.592. The zero-order valence-corrected chi connectivity index (χ0v) is 12.6. The molecular formula is C14H29N3O2. The van der Waals surface area contributed by atoms with Crippen molar-refractivity contribution in [2.45, 2.75) is 39.2 Å². The minimum absolute atomic E-state index is 0.000668. The molecule has 0 aromatic heterocycles. The highest BCUT2D eigenvalue weighted by Crippen LogP contribution is 2.16. The van der Waals surface area contributed by atoms with E-state index >= 15 is 0 Å². The van der Waals surface area contributed by atoms with Crippen LogP contribution >= 0.6 is 0 Å². The normalized spacial score (nSPS) is 19.2. The molecule has 0 saturated carbocycles. The number of nitrogens with zero attached hydrogens (tertiary/aromatic N) is 2. The molecule has 0 aromatic rings. The van der Waals surface area contributed by atoms with Gasteiger partial charge in [0.15, 0.2) is 0 Å². The van der Waals surface area contributed by atoms with Crippen LogP contribution in [-0.4, -0.2) is 66.8 Å².